The fraction of sp³-hybridized carbons (Fsp3) is 0.400. The first-order chi connectivity index (χ1) is 7.63. The number of hydrogen-bond acceptors (Lipinski definition) is 4. The van der Waals surface area contributed by atoms with Crippen LogP contribution in [0.1, 0.15) is 6.42 Å². The van der Waals surface area contributed by atoms with Crippen LogP contribution in [0, 0.1) is 10.1 Å². The topological polar surface area (TPSA) is 61.6 Å². The Bertz CT molecular complexity index is 358. The highest BCUT2D eigenvalue weighted by Crippen LogP contribution is 2.19. The average Bonchev–Trinajstić information content (AvgIpc) is 2.29. The van der Waals surface area contributed by atoms with Gasteiger partial charge in [-0.25, -0.2) is 0 Å². The average molecular weight is 246 g/mol. The Morgan fingerprint density at radius 3 is 2.94 bits per heavy atom. The van der Waals surface area contributed by atoms with E-state index in [2.05, 4.69) is 0 Å². The molecule has 0 N–H and O–H groups in total. The summed E-state index contributed by atoms with van der Waals surface area (Å²) < 4.78 is 10.1. The predicted octanol–water partition coefficient (Wildman–Crippen LogP) is 2.58. The van der Waals surface area contributed by atoms with Crippen LogP contribution in [-0.4, -0.2) is 24.2 Å². The van der Waals surface area contributed by atoms with Crippen molar-refractivity contribution in [2.45, 2.75) is 12.0 Å². The van der Waals surface area contributed by atoms with E-state index in [1.807, 2.05) is 0 Å². The number of nitro groups is 1. The number of hydrogen-bond donors (Lipinski definition) is 0. The third kappa shape index (κ3) is 4.04. The van der Waals surface area contributed by atoms with Crippen molar-refractivity contribution in [2.75, 3.05) is 13.7 Å². The molecule has 0 aromatic heterocycles. The summed E-state index contributed by atoms with van der Waals surface area (Å²) in [6.45, 7) is 0.350. The van der Waals surface area contributed by atoms with Gasteiger partial charge in [0.1, 0.15) is 11.3 Å². The molecule has 1 atom stereocenters. The second-order valence-corrected chi connectivity index (χ2v) is 3.52. The minimum Gasteiger partial charge on any atom is -0.493 e. The third-order valence-electron chi connectivity index (χ3n) is 1.90. The summed E-state index contributed by atoms with van der Waals surface area (Å²) >= 11 is 5.70. The highest BCUT2D eigenvalue weighted by atomic mass is 35.5. The Labute approximate surface area is 98.1 Å². The van der Waals surface area contributed by atoms with E-state index in [4.69, 9.17) is 21.1 Å². The number of benzene rings is 1. The van der Waals surface area contributed by atoms with E-state index in [0.29, 0.717) is 18.8 Å². The fourth-order valence-corrected chi connectivity index (χ4v) is 1.16. The third-order valence-corrected chi connectivity index (χ3v) is 2.29. The summed E-state index contributed by atoms with van der Waals surface area (Å²) in [5, 5.41) is 10.5. The van der Waals surface area contributed by atoms with Crippen molar-refractivity contribution in [1.82, 2.24) is 0 Å². The quantitative estimate of drug-likeness (QED) is 0.439. The molecule has 1 unspecified atom stereocenters. The molecule has 0 bridgehead atoms. The Morgan fingerprint density at radius 2 is 2.31 bits per heavy atom. The number of halogens is 1. The van der Waals surface area contributed by atoms with E-state index in [1.54, 1.807) is 12.1 Å². The van der Waals surface area contributed by atoms with Crippen LogP contribution in [0.25, 0.3) is 0 Å². The van der Waals surface area contributed by atoms with Crippen LogP contribution in [0.5, 0.6) is 5.75 Å². The molecule has 0 aliphatic heterocycles. The summed E-state index contributed by atoms with van der Waals surface area (Å²) in [7, 11) is 1.50. The van der Waals surface area contributed by atoms with Crippen LogP contribution in [0.2, 0.25) is 0 Å². The highest BCUT2D eigenvalue weighted by molar-refractivity contribution is 6.19. The van der Waals surface area contributed by atoms with Gasteiger partial charge in [0.25, 0.3) is 5.69 Å². The lowest BCUT2D eigenvalue weighted by Crippen LogP contribution is -2.08. The van der Waals surface area contributed by atoms with E-state index >= 15 is 0 Å². The van der Waals surface area contributed by atoms with Crippen molar-refractivity contribution in [3.63, 3.8) is 0 Å². The Kier molecular flexibility index (Phi) is 5.01. The van der Waals surface area contributed by atoms with Crippen LogP contribution in [0.3, 0.4) is 0 Å². The van der Waals surface area contributed by atoms with Crippen LogP contribution < -0.4 is 4.74 Å². The molecule has 0 amide bonds. The molecule has 0 saturated carbocycles. The second kappa shape index (κ2) is 6.30. The summed E-state index contributed by atoms with van der Waals surface area (Å²) in [4.78, 5) is 10.0. The molecule has 5 nitrogen and oxygen atoms in total. The summed E-state index contributed by atoms with van der Waals surface area (Å²) in [5.74, 6) is 0.453. The van der Waals surface area contributed by atoms with Crippen LogP contribution in [0.4, 0.5) is 5.69 Å². The smallest absolute Gasteiger partial charge is 0.273 e. The van der Waals surface area contributed by atoms with Crippen molar-refractivity contribution in [2.24, 2.45) is 0 Å². The van der Waals surface area contributed by atoms with E-state index in [-0.39, 0.29) is 5.69 Å². The first-order valence-corrected chi connectivity index (χ1v) is 5.11. The lowest BCUT2D eigenvalue weighted by Gasteiger charge is -2.08. The maximum absolute atomic E-state index is 10.5. The maximum Gasteiger partial charge on any atom is 0.273 e. The fourth-order valence-electron chi connectivity index (χ4n) is 1.07. The molecule has 0 aliphatic rings. The van der Waals surface area contributed by atoms with Gasteiger partial charge in [-0.05, 0) is 6.07 Å². The Morgan fingerprint density at radius 1 is 1.56 bits per heavy atom. The number of methoxy groups -OCH3 is 1. The van der Waals surface area contributed by atoms with Gasteiger partial charge in [-0.3, -0.25) is 10.1 Å². The number of rotatable bonds is 6. The molecule has 1 rings (SSSR count). The molecule has 88 valence electrons. The van der Waals surface area contributed by atoms with E-state index in [9.17, 15) is 10.1 Å². The number of non-ortho nitro benzene ring substituents is 1. The van der Waals surface area contributed by atoms with Gasteiger partial charge in [0.2, 0.25) is 0 Å². The van der Waals surface area contributed by atoms with E-state index < -0.39 is 10.5 Å². The second-order valence-electron chi connectivity index (χ2n) is 3.04. The molecule has 0 spiro atoms. The molecule has 0 fully saturated rings. The zero-order valence-electron chi connectivity index (χ0n) is 8.76. The molecule has 0 saturated heterocycles. The minimum atomic E-state index is -0.466. The van der Waals surface area contributed by atoms with Gasteiger partial charge in [-0.2, -0.15) is 0 Å². The van der Waals surface area contributed by atoms with Gasteiger partial charge < -0.3 is 9.47 Å². The number of nitro benzene ring substituents is 1. The summed E-state index contributed by atoms with van der Waals surface area (Å²) in [6, 6.07) is 6.01. The molecule has 0 radical (unpaired) electrons. The monoisotopic (exact) mass is 245 g/mol. The van der Waals surface area contributed by atoms with Gasteiger partial charge in [0.05, 0.1) is 17.6 Å². The molecule has 16 heavy (non-hydrogen) atoms. The number of ether oxygens (including phenoxy) is 2. The van der Waals surface area contributed by atoms with Gasteiger partial charge in [-0.1, -0.05) is 17.7 Å². The largest absolute Gasteiger partial charge is 0.493 e. The zero-order valence-corrected chi connectivity index (χ0v) is 9.52. The standard InChI is InChI=1S/C10H12ClNO4/c1-15-10(11)5-6-16-9-4-2-3-8(7-9)12(13)14/h2-4,7,10H,5-6H2,1H3. The predicted molar refractivity (Wildman–Crippen MR) is 59.9 cm³/mol. The molecule has 0 heterocycles. The molecule has 6 heteroatoms. The zero-order chi connectivity index (χ0) is 12.0. The molecule has 0 aliphatic carbocycles. The lowest BCUT2D eigenvalue weighted by atomic mass is 10.3. The lowest BCUT2D eigenvalue weighted by molar-refractivity contribution is -0.384. The summed E-state index contributed by atoms with van der Waals surface area (Å²) in [6.07, 6.45) is 0.515. The van der Waals surface area contributed by atoms with Crippen molar-refractivity contribution < 1.29 is 14.4 Å². The van der Waals surface area contributed by atoms with Gasteiger partial charge in [0.15, 0.2) is 0 Å². The van der Waals surface area contributed by atoms with Crippen molar-refractivity contribution in [3.05, 3.63) is 34.4 Å². The normalized spacial score (nSPS) is 12.1. The van der Waals surface area contributed by atoms with E-state index in [1.165, 1.54) is 19.2 Å². The molecular weight excluding hydrogens is 234 g/mol. The van der Waals surface area contributed by atoms with Crippen LogP contribution in [0.15, 0.2) is 24.3 Å². The van der Waals surface area contributed by atoms with E-state index in [0.717, 1.165) is 0 Å². The molecule has 1 aromatic rings. The SMILES string of the molecule is COC(Cl)CCOc1cccc([N+](=O)[O-])c1. The van der Waals surface area contributed by atoms with Crippen molar-refractivity contribution in [1.29, 1.82) is 0 Å². The first-order valence-electron chi connectivity index (χ1n) is 4.67. The van der Waals surface area contributed by atoms with Gasteiger partial charge in [-0.15, -0.1) is 0 Å². The van der Waals surface area contributed by atoms with Crippen molar-refractivity contribution >= 4 is 17.3 Å². The molecule has 1 aromatic carbocycles. The maximum atomic E-state index is 10.5. The highest BCUT2D eigenvalue weighted by Gasteiger charge is 2.07. The molecular formula is C10H12ClNO4. The van der Waals surface area contributed by atoms with Gasteiger partial charge in [0, 0.05) is 19.6 Å². The Hall–Kier alpha value is -1.33. The first kappa shape index (κ1) is 12.7. The van der Waals surface area contributed by atoms with Crippen molar-refractivity contribution in [3.8, 4) is 5.75 Å². The summed E-state index contributed by atoms with van der Waals surface area (Å²) in [5.41, 5.74) is -0.398. The Balaban J connectivity index is 2.48. The van der Waals surface area contributed by atoms with Crippen LogP contribution >= 0.6 is 11.6 Å². The van der Waals surface area contributed by atoms with Crippen LogP contribution in [-0.2, 0) is 4.74 Å². The number of alkyl halides is 1. The number of nitrogens with zero attached hydrogens (tertiary/aromatic N) is 1. The minimum absolute atomic E-state index is 0.00617. The van der Waals surface area contributed by atoms with Gasteiger partial charge >= 0.3 is 0 Å².